The van der Waals surface area contributed by atoms with Gasteiger partial charge in [0.1, 0.15) is 28.6 Å². The largest absolute Gasteiger partial charge is 0.443 e. The Balaban J connectivity index is 1.62. The van der Waals surface area contributed by atoms with E-state index in [1.807, 2.05) is 0 Å². The van der Waals surface area contributed by atoms with Crippen molar-refractivity contribution in [1.29, 1.82) is 0 Å². The molecular weight excluding hydrogens is 515 g/mol. The van der Waals surface area contributed by atoms with Crippen molar-refractivity contribution in [2.45, 2.75) is 64.9 Å². The molecule has 1 amide bonds. The Labute approximate surface area is 231 Å². The van der Waals surface area contributed by atoms with E-state index < -0.39 is 17.5 Å². The number of ether oxygens (including phenoxy) is 2. The topological polar surface area (TPSA) is 122 Å². The second-order valence-corrected chi connectivity index (χ2v) is 11.0. The molecule has 4 heterocycles. The van der Waals surface area contributed by atoms with Crippen molar-refractivity contribution in [3.8, 4) is 11.8 Å². The number of hydrogen-bond acceptors (Lipinski definition) is 8. The molecule has 10 nitrogen and oxygen atoms in total. The van der Waals surface area contributed by atoms with Crippen molar-refractivity contribution < 1.29 is 23.5 Å². The number of rotatable bonds is 1. The smallest absolute Gasteiger partial charge is 0.414 e. The van der Waals surface area contributed by atoms with E-state index in [0.29, 0.717) is 57.7 Å². The van der Waals surface area contributed by atoms with Crippen LogP contribution in [-0.4, -0.2) is 51.0 Å². The van der Waals surface area contributed by atoms with Crippen LogP contribution in [-0.2, 0) is 4.74 Å². The molecule has 0 saturated carbocycles. The molecule has 40 heavy (non-hydrogen) atoms. The molecule has 0 fully saturated rings. The van der Waals surface area contributed by atoms with Gasteiger partial charge in [0.15, 0.2) is 5.78 Å². The number of benzene rings is 1. The van der Waals surface area contributed by atoms with Crippen molar-refractivity contribution in [2.24, 2.45) is 0 Å². The van der Waals surface area contributed by atoms with E-state index in [1.54, 1.807) is 26.8 Å². The fraction of sp³-hybridized carbons (Fsp3) is 0.414. The minimum absolute atomic E-state index is 0.0167. The lowest BCUT2D eigenvalue weighted by Crippen LogP contribution is -2.34. The average molecular weight is 549 g/mol. The van der Waals surface area contributed by atoms with E-state index in [-0.39, 0.29) is 11.8 Å². The number of nitrogens with zero attached hydrogens (tertiary/aromatic N) is 4. The Hall–Kier alpha value is -4.28. The van der Waals surface area contributed by atoms with Gasteiger partial charge in [-0.05, 0) is 51.8 Å². The van der Waals surface area contributed by atoms with Crippen molar-refractivity contribution in [2.75, 3.05) is 23.8 Å². The Morgan fingerprint density at radius 3 is 2.65 bits per heavy atom. The van der Waals surface area contributed by atoms with Crippen LogP contribution in [0.25, 0.3) is 21.9 Å². The highest BCUT2D eigenvalue weighted by molar-refractivity contribution is 6.15. The monoisotopic (exact) mass is 548 g/mol. The standard InChI is InChI=1S/C29H33FN6O4/c1-29(2,3)40-28(38)36(4)21-14-18(30)13-20-23-25-32-11-9-7-5-6-8-10-22(37)17-12-19(16-31-15-17)39-27(34-25)35-26(23)33-24(20)21/h12-16H,5-11H2,1-4H3,(H2,32,33,34,35). The summed E-state index contributed by atoms with van der Waals surface area (Å²) in [5, 5.41) is 4.46. The van der Waals surface area contributed by atoms with Gasteiger partial charge in [-0.25, -0.2) is 9.18 Å². The second-order valence-electron chi connectivity index (χ2n) is 11.0. The van der Waals surface area contributed by atoms with E-state index in [1.165, 1.54) is 36.5 Å². The van der Waals surface area contributed by atoms with Gasteiger partial charge >= 0.3 is 12.1 Å². The molecule has 210 valence electrons. The molecule has 3 aromatic heterocycles. The number of carbonyl (C=O) groups is 2. The Kier molecular flexibility index (Phi) is 7.55. The number of carbonyl (C=O) groups excluding carboxylic acids is 2. The van der Waals surface area contributed by atoms with Crippen molar-refractivity contribution in [3.63, 3.8) is 0 Å². The quantitative estimate of drug-likeness (QED) is 0.268. The third kappa shape index (κ3) is 5.98. The van der Waals surface area contributed by atoms with E-state index in [0.717, 1.165) is 32.1 Å². The number of anilines is 2. The fourth-order valence-corrected chi connectivity index (χ4v) is 4.72. The Morgan fingerprint density at radius 2 is 1.85 bits per heavy atom. The van der Waals surface area contributed by atoms with Gasteiger partial charge < -0.3 is 19.8 Å². The van der Waals surface area contributed by atoms with Gasteiger partial charge in [-0.2, -0.15) is 9.97 Å². The van der Waals surface area contributed by atoms with Crippen LogP contribution in [0.2, 0.25) is 0 Å². The van der Waals surface area contributed by atoms with Crippen LogP contribution in [0.4, 0.5) is 20.7 Å². The molecule has 1 aliphatic heterocycles. The lowest BCUT2D eigenvalue weighted by molar-refractivity contribution is 0.0589. The van der Waals surface area contributed by atoms with Gasteiger partial charge in [0, 0.05) is 37.2 Å². The lowest BCUT2D eigenvalue weighted by Gasteiger charge is -2.25. The number of pyridine rings is 1. The van der Waals surface area contributed by atoms with Gasteiger partial charge in [-0.1, -0.05) is 19.3 Å². The summed E-state index contributed by atoms with van der Waals surface area (Å²) in [6, 6.07) is 4.33. The number of nitrogens with one attached hydrogen (secondary N) is 2. The number of hydrogen-bond donors (Lipinski definition) is 2. The first-order chi connectivity index (χ1) is 19.1. The highest BCUT2D eigenvalue weighted by Crippen LogP contribution is 2.37. The highest BCUT2D eigenvalue weighted by atomic mass is 19.1. The summed E-state index contributed by atoms with van der Waals surface area (Å²) < 4.78 is 26.4. The minimum atomic E-state index is -0.719. The molecule has 0 atom stereocenters. The predicted molar refractivity (Wildman–Crippen MR) is 151 cm³/mol. The van der Waals surface area contributed by atoms with E-state index in [2.05, 4.69) is 25.3 Å². The van der Waals surface area contributed by atoms with Crippen LogP contribution < -0.4 is 15.0 Å². The summed E-state index contributed by atoms with van der Waals surface area (Å²) in [4.78, 5) is 43.3. The maximum Gasteiger partial charge on any atom is 0.414 e. The van der Waals surface area contributed by atoms with Gasteiger partial charge in [0.05, 0.1) is 22.8 Å². The zero-order valence-electron chi connectivity index (χ0n) is 23.1. The van der Waals surface area contributed by atoms with Crippen LogP contribution in [0.5, 0.6) is 11.8 Å². The molecule has 2 N–H and O–H groups in total. The molecule has 0 saturated heterocycles. The molecule has 0 aliphatic carbocycles. The van der Waals surface area contributed by atoms with Crippen LogP contribution in [0.1, 0.15) is 69.7 Å². The number of H-pyrrole nitrogens is 1. The van der Waals surface area contributed by atoms with Crippen LogP contribution in [0.15, 0.2) is 30.6 Å². The number of fused-ring (bicyclic) bond motifs is 8. The first kappa shape index (κ1) is 27.3. The highest BCUT2D eigenvalue weighted by Gasteiger charge is 2.25. The van der Waals surface area contributed by atoms with Crippen LogP contribution in [0, 0.1) is 5.82 Å². The molecule has 11 heteroatoms. The molecule has 4 bridgehead atoms. The zero-order valence-corrected chi connectivity index (χ0v) is 23.1. The summed E-state index contributed by atoms with van der Waals surface area (Å²) in [6.07, 6.45) is 7.55. The fourth-order valence-electron chi connectivity index (χ4n) is 4.72. The molecule has 1 aliphatic rings. The van der Waals surface area contributed by atoms with Gasteiger partial charge in [0.25, 0.3) is 0 Å². The molecular formula is C29H33FN6O4. The second kappa shape index (κ2) is 11.1. The number of ketones is 1. The third-order valence-electron chi connectivity index (χ3n) is 6.63. The Morgan fingerprint density at radius 1 is 1.07 bits per heavy atom. The minimum Gasteiger partial charge on any atom is -0.443 e. The summed E-state index contributed by atoms with van der Waals surface area (Å²) in [5.74, 6) is 0.293. The van der Waals surface area contributed by atoms with Crippen molar-refractivity contribution in [3.05, 3.63) is 42.0 Å². The molecule has 0 spiro atoms. The van der Waals surface area contributed by atoms with Gasteiger partial charge in [-0.15, -0.1) is 0 Å². The zero-order chi connectivity index (χ0) is 28.4. The summed E-state index contributed by atoms with van der Waals surface area (Å²) in [5.41, 5.74) is 0.945. The molecule has 4 aromatic rings. The van der Waals surface area contributed by atoms with Crippen molar-refractivity contribution >= 4 is 45.3 Å². The SMILES string of the molecule is CN(C(=O)OC(C)(C)C)c1cc(F)cc2c1[nH]c1nc3nc(c12)NCCCCCCCC(=O)c1cncc(c1)O3. The first-order valence-electron chi connectivity index (χ1n) is 13.5. The number of aromatic nitrogens is 4. The van der Waals surface area contributed by atoms with Crippen molar-refractivity contribution in [1.82, 2.24) is 19.9 Å². The normalized spacial score (nSPS) is 15.0. The molecule has 1 aromatic carbocycles. The van der Waals surface area contributed by atoms with Crippen LogP contribution >= 0.6 is 0 Å². The van der Waals surface area contributed by atoms with Gasteiger partial charge in [-0.3, -0.25) is 14.7 Å². The van der Waals surface area contributed by atoms with E-state index in [4.69, 9.17) is 9.47 Å². The number of amides is 1. The van der Waals surface area contributed by atoms with E-state index in [9.17, 15) is 14.0 Å². The first-order valence-corrected chi connectivity index (χ1v) is 13.5. The summed E-state index contributed by atoms with van der Waals surface area (Å²) in [6.45, 7) is 5.94. The molecule has 0 radical (unpaired) electrons. The molecule has 5 rings (SSSR count). The number of Topliss-reactive ketones (excluding diaryl/α,β-unsaturated/α-hetero) is 1. The predicted octanol–water partition coefficient (Wildman–Crippen LogP) is 6.76. The lowest BCUT2D eigenvalue weighted by atomic mass is 10.0. The number of halogens is 1. The Bertz CT molecular complexity index is 1580. The summed E-state index contributed by atoms with van der Waals surface area (Å²) >= 11 is 0. The van der Waals surface area contributed by atoms with Crippen LogP contribution in [0.3, 0.4) is 0 Å². The van der Waals surface area contributed by atoms with Gasteiger partial charge in [0.2, 0.25) is 0 Å². The third-order valence-corrected chi connectivity index (χ3v) is 6.63. The average Bonchev–Trinajstić information content (AvgIpc) is 3.26. The van der Waals surface area contributed by atoms with E-state index >= 15 is 0 Å². The maximum atomic E-state index is 14.9. The maximum absolute atomic E-state index is 14.9. The molecule has 0 unspecified atom stereocenters. The number of aromatic amines is 1. The summed E-state index contributed by atoms with van der Waals surface area (Å²) in [7, 11) is 1.53.